The maximum atomic E-state index is 11.3. The van der Waals surface area contributed by atoms with Crippen LogP contribution in [0.1, 0.15) is 32.3 Å². The van der Waals surface area contributed by atoms with E-state index in [1.165, 1.54) is 0 Å². The molecule has 0 fully saturated rings. The smallest absolute Gasteiger partial charge is 0.308 e. The molecular formula is C15H22O4. The van der Waals surface area contributed by atoms with Gasteiger partial charge in [0.05, 0.1) is 31.8 Å². The van der Waals surface area contributed by atoms with E-state index in [0.717, 1.165) is 5.56 Å². The molecule has 0 heterocycles. The van der Waals surface area contributed by atoms with Crippen LogP contribution in [0.25, 0.3) is 0 Å². The van der Waals surface area contributed by atoms with Crippen molar-refractivity contribution in [3.8, 4) is 0 Å². The van der Waals surface area contributed by atoms with Gasteiger partial charge in [-0.2, -0.15) is 0 Å². The number of aliphatic hydroxyl groups is 1. The van der Waals surface area contributed by atoms with Crippen LogP contribution in [0.15, 0.2) is 30.3 Å². The van der Waals surface area contributed by atoms with Crippen molar-refractivity contribution in [1.82, 2.24) is 0 Å². The molecule has 0 saturated heterocycles. The molecule has 0 saturated carbocycles. The highest BCUT2D eigenvalue weighted by atomic mass is 16.5. The average molecular weight is 266 g/mol. The summed E-state index contributed by atoms with van der Waals surface area (Å²) in [5.41, 5.74) is 1.05. The van der Waals surface area contributed by atoms with Crippen molar-refractivity contribution in [1.29, 1.82) is 0 Å². The van der Waals surface area contributed by atoms with E-state index in [1.807, 2.05) is 37.3 Å². The monoisotopic (exact) mass is 266 g/mol. The normalized spacial score (nSPS) is 13.8. The molecule has 106 valence electrons. The standard InChI is InChI=1S/C15H22O4/c1-3-14(13(16)10-15(17)18-4-2)19-11-12-8-6-5-7-9-12/h5-9,13-14,16H,3-4,10-11H2,1-2H3/t13-,14+/m0/s1. The van der Waals surface area contributed by atoms with Gasteiger partial charge in [-0.25, -0.2) is 0 Å². The van der Waals surface area contributed by atoms with Crippen molar-refractivity contribution in [2.24, 2.45) is 0 Å². The predicted octanol–water partition coefficient (Wildman–Crippen LogP) is 2.30. The highest BCUT2D eigenvalue weighted by Gasteiger charge is 2.21. The summed E-state index contributed by atoms with van der Waals surface area (Å²) in [6.45, 7) is 4.42. The average Bonchev–Trinajstić information content (AvgIpc) is 2.40. The van der Waals surface area contributed by atoms with Crippen molar-refractivity contribution >= 4 is 5.97 Å². The maximum absolute atomic E-state index is 11.3. The van der Waals surface area contributed by atoms with Gasteiger partial charge in [0.2, 0.25) is 0 Å². The van der Waals surface area contributed by atoms with E-state index in [-0.39, 0.29) is 12.5 Å². The zero-order valence-electron chi connectivity index (χ0n) is 11.5. The molecule has 0 aromatic heterocycles. The zero-order valence-corrected chi connectivity index (χ0v) is 11.5. The van der Waals surface area contributed by atoms with E-state index >= 15 is 0 Å². The summed E-state index contributed by atoms with van der Waals surface area (Å²) in [4.78, 5) is 11.3. The van der Waals surface area contributed by atoms with Gasteiger partial charge in [-0.1, -0.05) is 37.3 Å². The van der Waals surface area contributed by atoms with E-state index < -0.39 is 12.1 Å². The first-order chi connectivity index (χ1) is 9.17. The largest absolute Gasteiger partial charge is 0.466 e. The van der Waals surface area contributed by atoms with Crippen LogP contribution in [0.4, 0.5) is 0 Å². The third kappa shape index (κ3) is 5.85. The Morgan fingerprint density at radius 2 is 1.95 bits per heavy atom. The van der Waals surface area contributed by atoms with Crippen LogP contribution in [-0.2, 0) is 20.9 Å². The van der Waals surface area contributed by atoms with Gasteiger partial charge >= 0.3 is 5.97 Å². The molecule has 0 radical (unpaired) electrons. The van der Waals surface area contributed by atoms with E-state index in [9.17, 15) is 9.90 Å². The lowest BCUT2D eigenvalue weighted by atomic mass is 10.1. The summed E-state index contributed by atoms with van der Waals surface area (Å²) in [7, 11) is 0. The number of benzene rings is 1. The second-order valence-corrected chi connectivity index (χ2v) is 4.32. The Kier molecular flexibility index (Phi) is 7.15. The zero-order chi connectivity index (χ0) is 14.1. The summed E-state index contributed by atoms with van der Waals surface area (Å²) < 4.78 is 10.5. The number of hydrogen-bond donors (Lipinski definition) is 1. The highest BCUT2D eigenvalue weighted by molar-refractivity contribution is 5.69. The van der Waals surface area contributed by atoms with Gasteiger partial charge in [0.15, 0.2) is 0 Å². The SMILES string of the molecule is CCOC(=O)C[C@H](O)[C@@H](CC)OCc1ccccc1. The Hall–Kier alpha value is -1.39. The van der Waals surface area contributed by atoms with Crippen molar-refractivity contribution in [2.45, 2.75) is 45.5 Å². The fraction of sp³-hybridized carbons (Fsp3) is 0.533. The first-order valence-corrected chi connectivity index (χ1v) is 6.66. The molecule has 1 aromatic carbocycles. The molecule has 0 bridgehead atoms. The topological polar surface area (TPSA) is 55.8 Å². The number of rotatable bonds is 8. The van der Waals surface area contributed by atoms with E-state index in [1.54, 1.807) is 6.92 Å². The van der Waals surface area contributed by atoms with Gasteiger partial charge in [0.1, 0.15) is 0 Å². The van der Waals surface area contributed by atoms with Crippen LogP contribution >= 0.6 is 0 Å². The second kappa shape index (κ2) is 8.67. The third-order valence-electron chi connectivity index (χ3n) is 2.82. The Morgan fingerprint density at radius 1 is 1.26 bits per heavy atom. The Bertz CT molecular complexity index is 364. The van der Waals surface area contributed by atoms with Crippen LogP contribution in [0.5, 0.6) is 0 Å². The van der Waals surface area contributed by atoms with Crippen LogP contribution in [0.2, 0.25) is 0 Å². The van der Waals surface area contributed by atoms with Gasteiger partial charge in [-0.05, 0) is 18.9 Å². The van der Waals surface area contributed by atoms with Crippen LogP contribution in [0, 0.1) is 0 Å². The lowest BCUT2D eigenvalue weighted by molar-refractivity contribution is -0.148. The summed E-state index contributed by atoms with van der Waals surface area (Å²) >= 11 is 0. The summed E-state index contributed by atoms with van der Waals surface area (Å²) in [6, 6.07) is 9.74. The fourth-order valence-corrected chi connectivity index (χ4v) is 1.80. The molecule has 1 aromatic rings. The van der Waals surface area contributed by atoms with Crippen molar-refractivity contribution in [3.63, 3.8) is 0 Å². The molecule has 0 unspecified atom stereocenters. The maximum Gasteiger partial charge on any atom is 0.308 e. The van der Waals surface area contributed by atoms with Gasteiger partial charge < -0.3 is 14.6 Å². The van der Waals surface area contributed by atoms with Crippen LogP contribution in [-0.4, -0.2) is 29.9 Å². The first-order valence-electron chi connectivity index (χ1n) is 6.66. The number of carbonyl (C=O) groups is 1. The highest BCUT2D eigenvalue weighted by Crippen LogP contribution is 2.12. The minimum absolute atomic E-state index is 0.0267. The van der Waals surface area contributed by atoms with Crippen molar-refractivity contribution in [3.05, 3.63) is 35.9 Å². The van der Waals surface area contributed by atoms with E-state index in [2.05, 4.69) is 0 Å². The Balaban J connectivity index is 2.42. The molecule has 1 N–H and O–H groups in total. The predicted molar refractivity (Wildman–Crippen MR) is 72.6 cm³/mol. The van der Waals surface area contributed by atoms with Gasteiger partial charge in [-0.3, -0.25) is 4.79 Å². The minimum atomic E-state index is -0.826. The minimum Gasteiger partial charge on any atom is -0.466 e. The molecule has 0 amide bonds. The number of esters is 1. The molecule has 19 heavy (non-hydrogen) atoms. The van der Waals surface area contributed by atoms with Gasteiger partial charge in [-0.15, -0.1) is 0 Å². The second-order valence-electron chi connectivity index (χ2n) is 4.32. The number of ether oxygens (including phenoxy) is 2. The molecule has 1 rings (SSSR count). The number of carbonyl (C=O) groups excluding carboxylic acids is 1. The third-order valence-corrected chi connectivity index (χ3v) is 2.82. The molecule has 0 aliphatic heterocycles. The molecular weight excluding hydrogens is 244 g/mol. The molecule has 0 spiro atoms. The van der Waals surface area contributed by atoms with Crippen molar-refractivity contribution in [2.75, 3.05) is 6.61 Å². The van der Waals surface area contributed by atoms with Gasteiger partial charge in [0.25, 0.3) is 0 Å². The van der Waals surface area contributed by atoms with E-state index in [4.69, 9.17) is 9.47 Å². The quantitative estimate of drug-likeness (QED) is 0.733. The summed E-state index contributed by atoms with van der Waals surface area (Å²) in [5, 5.41) is 9.96. The first kappa shape index (κ1) is 15.7. The van der Waals surface area contributed by atoms with Crippen LogP contribution in [0.3, 0.4) is 0 Å². The van der Waals surface area contributed by atoms with Gasteiger partial charge in [0, 0.05) is 0 Å². The fourth-order valence-electron chi connectivity index (χ4n) is 1.80. The lowest BCUT2D eigenvalue weighted by Gasteiger charge is -2.21. The molecule has 0 aliphatic carbocycles. The molecule has 4 heteroatoms. The summed E-state index contributed by atoms with van der Waals surface area (Å²) in [5.74, 6) is -0.392. The lowest BCUT2D eigenvalue weighted by Crippen LogP contribution is -2.31. The molecule has 2 atom stereocenters. The summed E-state index contributed by atoms with van der Waals surface area (Å²) in [6.07, 6.45) is -0.563. The Labute approximate surface area is 114 Å². The van der Waals surface area contributed by atoms with E-state index in [0.29, 0.717) is 19.6 Å². The molecule has 4 nitrogen and oxygen atoms in total. The number of aliphatic hydroxyl groups excluding tert-OH is 1. The Morgan fingerprint density at radius 3 is 2.53 bits per heavy atom. The molecule has 0 aliphatic rings. The van der Waals surface area contributed by atoms with Crippen molar-refractivity contribution < 1.29 is 19.4 Å². The number of hydrogen-bond acceptors (Lipinski definition) is 4. The van der Waals surface area contributed by atoms with Crippen LogP contribution < -0.4 is 0 Å².